The van der Waals surface area contributed by atoms with Gasteiger partial charge in [0.25, 0.3) is 5.91 Å². The molecule has 0 saturated carbocycles. The Morgan fingerprint density at radius 2 is 1.93 bits per heavy atom. The van der Waals surface area contributed by atoms with Crippen LogP contribution in [0.25, 0.3) is 21.8 Å². The molecule has 1 aliphatic heterocycles. The van der Waals surface area contributed by atoms with Crippen molar-refractivity contribution in [2.24, 2.45) is 0 Å². The lowest BCUT2D eigenvalue weighted by molar-refractivity contribution is 0.0739. The maximum atomic E-state index is 13.3. The predicted molar refractivity (Wildman–Crippen MR) is 109 cm³/mol. The normalized spacial score (nSPS) is 13.7. The van der Waals surface area contributed by atoms with Crippen molar-refractivity contribution >= 4 is 27.5 Å². The lowest BCUT2D eigenvalue weighted by Crippen LogP contribution is -2.35. The van der Waals surface area contributed by atoms with Gasteiger partial charge >= 0.3 is 0 Å². The Labute approximate surface area is 166 Å². The molecule has 0 radical (unpaired) electrons. The number of nitrogens with zero attached hydrogens (tertiary/aromatic N) is 3. The van der Waals surface area contributed by atoms with Crippen molar-refractivity contribution in [2.75, 3.05) is 6.54 Å². The van der Waals surface area contributed by atoms with Crippen LogP contribution in [-0.2, 0) is 13.0 Å². The zero-order valence-corrected chi connectivity index (χ0v) is 16.5. The Morgan fingerprint density at radius 3 is 2.71 bits per heavy atom. The van der Waals surface area contributed by atoms with Crippen molar-refractivity contribution in [1.82, 2.24) is 14.9 Å². The molecule has 28 heavy (non-hydrogen) atoms. The van der Waals surface area contributed by atoms with E-state index in [9.17, 15) is 4.79 Å². The maximum Gasteiger partial charge on any atom is 0.264 e. The van der Waals surface area contributed by atoms with E-state index in [-0.39, 0.29) is 5.91 Å². The van der Waals surface area contributed by atoms with Crippen LogP contribution < -0.4 is 0 Å². The summed E-state index contributed by atoms with van der Waals surface area (Å²) < 4.78 is 5.44. The molecule has 0 N–H and O–H groups in total. The highest BCUT2D eigenvalue weighted by atomic mass is 32.1. The van der Waals surface area contributed by atoms with E-state index in [1.54, 1.807) is 6.26 Å². The van der Waals surface area contributed by atoms with E-state index in [0.717, 1.165) is 39.3 Å². The summed E-state index contributed by atoms with van der Waals surface area (Å²) in [5, 5.41) is 0.973. The van der Waals surface area contributed by atoms with Crippen LogP contribution in [0, 0.1) is 13.8 Å². The van der Waals surface area contributed by atoms with Crippen molar-refractivity contribution in [3.05, 3.63) is 69.9 Å². The lowest BCUT2D eigenvalue weighted by Gasteiger charge is -2.28. The summed E-state index contributed by atoms with van der Waals surface area (Å²) in [5.41, 5.74) is 4.40. The van der Waals surface area contributed by atoms with Gasteiger partial charge in [-0.2, -0.15) is 0 Å². The molecule has 4 aromatic rings. The summed E-state index contributed by atoms with van der Waals surface area (Å²) in [5.74, 6) is 1.27. The average molecular weight is 389 g/mol. The van der Waals surface area contributed by atoms with Gasteiger partial charge in [-0.05, 0) is 49.1 Å². The van der Waals surface area contributed by atoms with Crippen LogP contribution in [0.5, 0.6) is 0 Å². The second-order valence-corrected chi connectivity index (χ2v) is 8.09. The molecular formula is C22H19N3O2S. The van der Waals surface area contributed by atoms with Crippen LogP contribution in [0.15, 0.2) is 47.1 Å². The maximum absolute atomic E-state index is 13.3. The molecule has 4 heterocycles. The van der Waals surface area contributed by atoms with E-state index < -0.39 is 0 Å². The van der Waals surface area contributed by atoms with Gasteiger partial charge in [0.15, 0.2) is 11.6 Å². The zero-order chi connectivity index (χ0) is 19.3. The van der Waals surface area contributed by atoms with Gasteiger partial charge in [0, 0.05) is 18.5 Å². The third-order valence-electron chi connectivity index (χ3n) is 5.32. The van der Waals surface area contributed by atoms with Crippen molar-refractivity contribution in [3.8, 4) is 11.6 Å². The number of furan rings is 1. The van der Waals surface area contributed by atoms with E-state index >= 15 is 0 Å². The van der Waals surface area contributed by atoms with E-state index in [1.807, 2.05) is 36.9 Å². The number of hydrogen-bond donors (Lipinski definition) is 0. The SMILES string of the molecule is Cc1nc(-c2ccco2)nc2sc(C(=O)N3CCc4ccccc4C3)c(C)c12. The Morgan fingerprint density at radius 1 is 1.11 bits per heavy atom. The van der Waals surface area contributed by atoms with Crippen LogP contribution in [0.2, 0.25) is 0 Å². The molecule has 1 aliphatic rings. The third-order valence-corrected chi connectivity index (χ3v) is 6.50. The minimum absolute atomic E-state index is 0.0777. The molecule has 140 valence electrons. The minimum Gasteiger partial charge on any atom is -0.461 e. The van der Waals surface area contributed by atoms with E-state index in [2.05, 4.69) is 28.2 Å². The minimum atomic E-state index is 0.0777. The first-order valence-electron chi connectivity index (χ1n) is 9.29. The monoisotopic (exact) mass is 389 g/mol. The van der Waals surface area contributed by atoms with Crippen LogP contribution in [0.3, 0.4) is 0 Å². The summed E-state index contributed by atoms with van der Waals surface area (Å²) >= 11 is 1.45. The highest BCUT2D eigenvalue weighted by molar-refractivity contribution is 7.20. The van der Waals surface area contributed by atoms with E-state index in [4.69, 9.17) is 4.42 Å². The smallest absolute Gasteiger partial charge is 0.264 e. The summed E-state index contributed by atoms with van der Waals surface area (Å²) in [6.45, 7) is 5.35. The van der Waals surface area contributed by atoms with Crippen molar-refractivity contribution < 1.29 is 9.21 Å². The average Bonchev–Trinajstić information content (AvgIpc) is 3.35. The fourth-order valence-electron chi connectivity index (χ4n) is 3.87. The number of amides is 1. The van der Waals surface area contributed by atoms with Gasteiger partial charge in [-0.1, -0.05) is 24.3 Å². The zero-order valence-electron chi connectivity index (χ0n) is 15.7. The molecule has 5 rings (SSSR count). The molecule has 0 unspecified atom stereocenters. The summed E-state index contributed by atoms with van der Waals surface area (Å²) in [7, 11) is 0. The predicted octanol–water partition coefficient (Wildman–Crippen LogP) is 4.77. The van der Waals surface area contributed by atoms with Gasteiger partial charge in [0.2, 0.25) is 0 Å². The molecule has 6 heteroatoms. The van der Waals surface area contributed by atoms with Gasteiger partial charge in [0.05, 0.1) is 16.8 Å². The molecule has 0 aliphatic carbocycles. The number of fused-ring (bicyclic) bond motifs is 2. The number of benzene rings is 1. The van der Waals surface area contributed by atoms with Gasteiger partial charge in [-0.25, -0.2) is 9.97 Å². The number of thiophene rings is 1. The molecule has 5 nitrogen and oxygen atoms in total. The second kappa shape index (κ2) is 6.56. The molecular weight excluding hydrogens is 370 g/mol. The molecule has 0 fully saturated rings. The van der Waals surface area contributed by atoms with Crippen molar-refractivity contribution in [2.45, 2.75) is 26.8 Å². The van der Waals surface area contributed by atoms with Gasteiger partial charge < -0.3 is 9.32 Å². The van der Waals surface area contributed by atoms with Gasteiger partial charge in [-0.3, -0.25) is 4.79 Å². The highest BCUT2D eigenvalue weighted by Gasteiger charge is 2.26. The quantitative estimate of drug-likeness (QED) is 0.496. The number of carbonyl (C=O) groups excluding carboxylic acids is 1. The Kier molecular flexibility index (Phi) is 4.02. The molecule has 1 amide bonds. The van der Waals surface area contributed by atoms with Crippen LogP contribution in [0.1, 0.15) is 32.1 Å². The number of rotatable bonds is 2. The second-order valence-electron chi connectivity index (χ2n) is 7.09. The number of aromatic nitrogens is 2. The number of carbonyl (C=O) groups is 1. The van der Waals surface area contributed by atoms with Crippen molar-refractivity contribution in [3.63, 3.8) is 0 Å². The first-order valence-corrected chi connectivity index (χ1v) is 10.1. The fourth-order valence-corrected chi connectivity index (χ4v) is 5.07. The topological polar surface area (TPSA) is 59.2 Å². The molecule has 0 atom stereocenters. The standard InChI is InChI=1S/C22H19N3O2S/c1-13-18-14(2)23-20(17-8-5-11-27-17)24-21(18)28-19(13)22(26)25-10-9-15-6-3-4-7-16(15)12-25/h3-8,11H,9-10,12H2,1-2H3. The summed E-state index contributed by atoms with van der Waals surface area (Å²) in [4.78, 5) is 26.1. The number of aryl methyl sites for hydroxylation is 2. The Hall–Kier alpha value is -2.99. The van der Waals surface area contributed by atoms with E-state index in [1.165, 1.54) is 22.5 Å². The third kappa shape index (κ3) is 2.72. The van der Waals surface area contributed by atoms with Crippen LogP contribution in [-0.4, -0.2) is 27.3 Å². The van der Waals surface area contributed by atoms with Gasteiger partial charge in [0.1, 0.15) is 4.83 Å². The van der Waals surface area contributed by atoms with Crippen LogP contribution >= 0.6 is 11.3 Å². The first kappa shape index (κ1) is 17.1. The highest BCUT2D eigenvalue weighted by Crippen LogP contribution is 2.34. The van der Waals surface area contributed by atoms with Crippen molar-refractivity contribution in [1.29, 1.82) is 0 Å². The molecule has 3 aromatic heterocycles. The van der Waals surface area contributed by atoms with Gasteiger partial charge in [-0.15, -0.1) is 11.3 Å². The molecule has 0 bridgehead atoms. The first-order chi connectivity index (χ1) is 13.6. The summed E-state index contributed by atoms with van der Waals surface area (Å²) in [6, 6.07) is 12.0. The largest absolute Gasteiger partial charge is 0.461 e. The molecule has 0 saturated heterocycles. The van der Waals surface area contributed by atoms with E-state index in [0.29, 0.717) is 18.1 Å². The number of hydrogen-bond acceptors (Lipinski definition) is 5. The van der Waals surface area contributed by atoms with Crippen LogP contribution in [0.4, 0.5) is 0 Å². The fraction of sp³-hybridized carbons (Fsp3) is 0.227. The molecule has 1 aromatic carbocycles. The Balaban J connectivity index is 1.53. The summed E-state index contributed by atoms with van der Waals surface area (Å²) in [6.07, 6.45) is 2.51. The lowest BCUT2D eigenvalue weighted by atomic mass is 9.99. The Bertz CT molecular complexity index is 1190. The molecule has 0 spiro atoms.